The molecule has 0 saturated carbocycles. The molecule has 0 saturated heterocycles. The molecule has 220 valence electrons. The lowest BCUT2D eigenvalue weighted by Crippen LogP contribution is -1.94. The van der Waals surface area contributed by atoms with E-state index in [1.54, 1.807) is 0 Å². The van der Waals surface area contributed by atoms with E-state index in [1.807, 2.05) is 36.4 Å². The fraction of sp³-hybridized carbons (Fsp3) is 0. The van der Waals surface area contributed by atoms with Crippen molar-refractivity contribution in [3.63, 3.8) is 0 Å². The molecule has 0 radical (unpaired) electrons. The van der Waals surface area contributed by atoms with E-state index in [9.17, 15) is 0 Å². The SMILES string of the molecule is c1ccc(-c2nc3c(-c4ccc5ccccc5c4-c4ccccc4-c4cc(-c5ccccc5)c5ccccc5n4)cccc3o2)cc1. The number of rotatable bonds is 5. The highest BCUT2D eigenvalue weighted by Crippen LogP contribution is 2.45. The molecule has 0 unspecified atom stereocenters. The molecule has 47 heavy (non-hydrogen) atoms. The summed E-state index contributed by atoms with van der Waals surface area (Å²) in [6, 6.07) is 59.2. The minimum Gasteiger partial charge on any atom is -0.436 e. The van der Waals surface area contributed by atoms with Gasteiger partial charge in [-0.15, -0.1) is 0 Å². The zero-order valence-corrected chi connectivity index (χ0v) is 25.5. The number of hydrogen-bond acceptors (Lipinski definition) is 3. The summed E-state index contributed by atoms with van der Waals surface area (Å²) in [5.74, 6) is 0.615. The number of oxazole rings is 1. The van der Waals surface area contributed by atoms with E-state index in [-0.39, 0.29) is 0 Å². The van der Waals surface area contributed by atoms with Crippen molar-refractivity contribution in [3.05, 3.63) is 170 Å². The van der Waals surface area contributed by atoms with Gasteiger partial charge in [0.05, 0.1) is 11.2 Å². The van der Waals surface area contributed by atoms with Gasteiger partial charge in [-0.05, 0) is 68.9 Å². The van der Waals surface area contributed by atoms with Crippen LogP contribution in [0.2, 0.25) is 0 Å². The second kappa shape index (κ2) is 11.2. The minimum atomic E-state index is 0.615. The van der Waals surface area contributed by atoms with Gasteiger partial charge in [0, 0.05) is 22.1 Å². The molecule has 0 N–H and O–H groups in total. The van der Waals surface area contributed by atoms with Gasteiger partial charge in [-0.2, -0.15) is 0 Å². The quantitative estimate of drug-likeness (QED) is 0.197. The van der Waals surface area contributed by atoms with Crippen molar-refractivity contribution in [2.75, 3.05) is 0 Å². The number of nitrogens with zero attached hydrogens (tertiary/aromatic N) is 2. The number of benzene rings is 7. The van der Waals surface area contributed by atoms with Crippen LogP contribution in [0.1, 0.15) is 0 Å². The van der Waals surface area contributed by atoms with Crippen LogP contribution in [0.3, 0.4) is 0 Å². The number of fused-ring (bicyclic) bond motifs is 3. The maximum Gasteiger partial charge on any atom is 0.227 e. The molecule has 2 heterocycles. The van der Waals surface area contributed by atoms with Crippen molar-refractivity contribution < 1.29 is 4.42 Å². The molecular formula is C44H28N2O. The van der Waals surface area contributed by atoms with Crippen LogP contribution < -0.4 is 0 Å². The molecule has 0 spiro atoms. The summed E-state index contributed by atoms with van der Waals surface area (Å²) in [5.41, 5.74) is 12.3. The Labute approximate surface area is 272 Å². The van der Waals surface area contributed by atoms with Crippen LogP contribution in [0, 0.1) is 0 Å². The van der Waals surface area contributed by atoms with E-state index < -0.39 is 0 Å². The van der Waals surface area contributed by atoms with Crippen LogP contribution in [0.25, 0.3) is 88.9 Å². The highest BCUT2D eigenvalue weighted by Gasteiger charge is 2.21. The smallest absolute Gasteiger partial charge is 0.227 e. The Morgan fingerprint density at radius 1 is 0.404 bits per heavy atom. The normalized spacial score (nSPS) is 11.4. The molecule has 0 aliphatic rings. The first-order valence-corrected chi connectivity index (χ1v) is 15.8. The summed E-state index contributed by atoms with van der Waals surface area (Å²) in [4.78, 5) is 10.3. The molecule has 9 aromatic rings. The number of pyridine rings is 1. The molecular weight excluding hydrogens is 572 g/mol. The Hall–Kier alpha value is -6.32. The van der Waals surface area contributed by atoms with E-state index in [2.05, 4.69) is 133 Å². The molecule has 0 fully saturated rings. The minimum absolute atomic E-state index is 0.615. The first-order chi connectivity index (χ1) is 23.3. The Bertz CT molecular complexity index is 2570. The lowest BCUT2D eigenvalue weighted by molar-refractivity contribution is 0.620. The standard InChI is InChI=1S/C44H28N2O/c1-3-14-29(15-4-1)38-28-40(45-39-24-12-11-21-34(38)39)33-20-9-10-22-35(33)42-32-19-8-7-16-30(32)26-27-36(42)37-23-13-25-41-43(37)46-44(47-41)31-17-5-2-6-18-31/h1-28H. The predicted molar refractivity (Wildman–Crippen MR) is 194 cm³/mol. The zero-order chi connectivity index (χ0) is 31.2. The molecule has 3 nitrogen and oxygen atoms in total. The van der Waals surface area contributed by atoms with Crippen LogP contribution in [-0.2, 0) is 0 Å². The van der Waals surface area contributed by atoms with Crippen molar-refractivity contribution >= 4 is 32.8 Å². The van der Waals surface area contributed by atoms with Crippen LogP contribution in [-0.4, -0.2) is 9.97 Å². The van der Waals surface area contributed by atoms with Crippen molar-refractivity contribution in [2.45, 2.75) is 0 Å². The van der Waals surface area contributed by atoms with Gasteiger partial charge in [-0.1, -0.05) is 140 Å². The topological polar surface area (TPSA) is 38.9 Å². The van der Waals surface area contributed by atoms with Crippen molar-refractivity contribution in [2.24, 2.45) is 0 Å². The maximum absolute atomic E-state index is 6.32. The molecule has 0 bridgehead atoms. The highest BCUT2D eigenvalue weighted by molar-refractivity contribution is 6.10. The second-order valence-corrected chi connectivity index (χ2v) is 11.7. The third-order valence-electron chi connectivity index (χ3n) is 8.93. The summed E-state index contributed by atoms with van der Waals surface area (Å²) >= 11 is 0. The summed E-state index contributed by atoms with van der Waals surface area (Å²) < 4.78 is 6.32. The first kappa shape index (κ1) is 27.0. The Kier molecular flexibility index (Phi) is 6.46. The monoisotopic (exact) mass is 600 g/mol. The first-order valence-electron chi connectivity index (χ1n) is 15.8. The molecule has 3 heteroatoms. The van der Waals surface area contributed by atoms with Gasteiger partial charge in [0.1, 0.15) is 5.52 Å². The lowest BCUT2D eigenvalue weighted by atomic mass is 9.86. The summed E-state index contributed by atoms with van der Waals surface area (Å²) in [7, 11) is 0. The predicted octanol–water partition coefficient (Wildman–Crippen LogP) is 11.9. The van der Waals surface area contributed by atoms with E-state index in [1.165, 1.54) is 21.9 Å². The van der Waals surface area contributed by atoms with Crippen LogP contribution in [0.15, 0.2) is 174 Å². The van der Waals surface area contributed by atoms with Gasteiger partial charge in [0.25, 0.3) is 0 Å². The molecule has 7 aromatic carbocycles. The molecule has 0 amide bonds. The summed E-state index contributed by atoms with van der Waals surface area (Å²) in [6.07, 6.45) is 0. The van der Waals surface area contributed by atoms with E-state index >= 15 is 0 Å². The summed E-state index contributed by atoms with van der Waals surface area (Å²) in [5, 5.41) is 3.48. The molecule has 0 aliphatic heterocycles. The van der Waals surface area contributed by atoms with Gasteiger partial charge >= 0.3 is 0 Å². The van der Waals surface area contributed by atoms with Crippen LogP contribution in [0.4, 0.5) is 0 Å². The Balaban J connectivity index is 1.32. The molecule has 2 aromatic heterocycles. The fourth-order valence-corrected chi connectivity index (χ4v) is 6.75. The Morgan fingerprint density at radius 3 is 1.89 bits per heavy atom. The van der Waals surface area contributed by atoms with E-state index in [0.717, 1.165) is 61.1 Å². The maximum atomic E-state index is 6.32. The van der Waals surface area contributed by atoms with Crippen molar-refractivity contribution in [3.8, 4) is 56.1 Å². The number of hydrogen-bond donors (Lipinski definition) is 0. The van der Waals surface area contributed by atoms with Gasteiger partial charge < -0.3 is 4.42 Å². The zero-order valence-electron chi connectivity index (χ0n) is 25.5. The average Bonchev–Trinajstić information content (AvgIpc) is 3.60. The second-order valence-electron chi connectivity index (χ2n) is 11.7. The van der Waals surface area contributed by atoms with E-state index in [4.69, 9.17) is 14.4 Å². The molecule has 9 rings (SSSR count). The Morgan fingerprint density at radius 2 is 1.06 bits per heavy atom. The van der Waals surface area contributed by atoms with Gasteiger partial charge in [0.2, 0.25) is 5.89 Å². The average molecular weight is 601 g/mol. The van der Waals surface area contributed by atoms with Crippen molar-refractivity contribution in [1.82, 2.24) is 9.97 Å². The van der Waals surface area contributed by atoms with Gasteiger partial charge in [0.15, 0.2) is 5.58 Å². The summed E-state index contributed by atoms with van der Waals surface area (Å²) in [6.45, 7) is 0. The van der Waals surface area contributed by atoms with Crippen LogP contribution >= 0.6 is 0 Å². The number of para-hydroxylation sites is 2. The largest absolute Gasteiger partial charge is 0.436 e. The van der Waals surface area contributed by atoms with Gasteiger partial charge in [-0.3, -0.25) is 0 Å². The lowest BCUT2D eigenvalue weighted by Gasteiger charge is -2.18. The third kappa shape index (κ3) is 4.68. The number of aromatic nitrogens is 2. The third-order valence-corrected chi connectivity index (χ3v) is 8.93. The molecule has 0 atom stereocenters. The van der Waals surface area contributed by atoms with Crippen molar-refractivity contribution in [1.29, 1.82) is 0 Å². The fourth-order valence-electron chi connectivity index (χ4n) is 6.75. The van der Waals surface area contributed by atoms with Gasteiger partial charge in [-0.25, -0.2) is 9.97 Å². The van der Waals surface area contributed by atoms with E-state index in [0.29, 0.717) is 5.89 Å². The molecule has 0 aliphatic carbocycles. The highest BCUT2D eigenvalue weighted by atomic mass is 16.3. The van der Waals surface area contributed by atoms with Crippen LogP contribution in [0.5, 0.6) is 0 Å².